The van der Waals surface area contributed by atoms with Crippen molar-refractivity contribution in [1.29, 1.82) is 0 Å². The maximum Gasteiger partial charge on any atom is 0.315 e. The molecule has 7 heteroatoms. The van der Waals surface area contributed by atoms with Crippen molar-refractivity contribution < 1.29 is 14.4 Å². The summed E-state index contributed by atoms with van der Waals surface area (Å²) >= 11 is 0. The fourth-order valence-electron chi connectivity index (χ4n) is 1.85. The van der Waals surface area contributed by atoms with Gasteiger partial charge in [0.25, 0.3) is 0 Å². The fraction of sp³-hybridized carbons (Fsp3) is 0.769. The van der Waals surface area contributed by atoms with Crippen LogP contribution in [0.2, 0.25) is 0 Å². The highest BCUT2D eigenvalue weighted by Crippen LogP contribution is 2.16. The molecule has 0 saturated carbocycles. The zero-order chi connectivity index (χ0) is 15.2. The summed E-state index contributed by atoms with van der Waals surface area (Å²) in [5.74, 6) is 0.944. The van der Waals surface area contributed by atoms with Gasteiger partial charge in [0.05, 0.1) is 6.04 Å². The number of aliphatic hydroxyl groups excluding tert-OH is 1. The van der Waals surface area contributed by atoms with Crippen LogP contribution in [0.4, 0.5) is 4.79 Å². The van der Waals surface area contributed by atoms with Crippen LogP contribution >= 0.6 is 0 Å². The molecule has 1 heterocycles. The third-order valence-electron chi connectivity index (χ3n) is 3.43. The van der Waals surface area contributed by atoms with Gasteiger partial charge in [-0.25, -0.2) is 4.79 Å². The van der Waals surface area contributed by atoms with Crippen LogP contribution in [-0.4, -0.2) is 33.4 Å². The highest BCUT2D eigenvalue weighted by molar-refractivity contribution is 5.75. The van der Waals surface area contributed by atoms with Gasteiger partial charge in [-0.05, 0) is 26.2 Å². The van der Waals surface area contributed by atoms with Crippen LogP contribution in [0.3, 0.4) is 0 Å². The van der Waals surface area contributed by atoms with Crippen molar-refractivity contribution in [3.05, 3.63) is 11.7 Å². The normalized spacial score (nSPS) is 15.4. The second-order valence-electron chi connectivity index (χ2n) is 5.12. The predicted molar refractivity (Wildman–Crippen MR) is 74.1 cm³/mol. The summed E-state index contributed by atoms with van der Waals surface area (Å²) in [5.41, 5.74) is -0.426. The highest BCUT2D eigenvalue weighted by atomic mass is 16.5. The molecule has 2 atom stereocenters. The smallest absolute Gasteiger partial charge is 0.315 e. The average Bonchev–Trinajstić information content (AvgIpc) is 2.82. The van der Waals surface area contributed by atoms with Gasteiger partial charge in [0.1, 0.15) is 0 Å². The molecule has 3 N–H and O–H groups in total. The Morgan fingerprint density at radius 1 is 1.50 bits per heavy atom. The van der Waals surface area contributed by atoms with E-state index in [1.807, 2.05) is 20.8 Å². The molecule has 0 aliphatic heterocycles. The van der Waals surface area contributed by atoms with Crippen LogP contribution < -0.4 is 10.6 Å². The first-order chi connectivity index (χ1) is 9.44. The number of aliphatic hydroxyl groups is 1. The van der Waals surface area contributed by atoms with Gasteiger partial charge >= 0.3 is 6.03 Å². The van der Waals surface area contributed by atoms with Crippen molar-refractivity contribution in [2.45, 2.75) is 58.5 Å². The molecular weight excluding hydrogens is 260 g/mol. The lowest BCUT2D eigenvalue weighted by Crippen LogP contribution is -2.51. The largest absolute Gasteiger partial charge is 0.396 e. The van der Waals surface area contributed by atoms with Crippen molar-refractivity contribution in [1.82, 2.24) is 20.8 Å². The molecule has 1 aromatic heterocycles. The lowest BCUT2D eigenvalue weighted by atomic mass is 9.95. The van der Waals surface area contributed by atoms with Crippen LogP contribution in [0.15, 0.2) is 4.52 Å². The first-order valence-corrected chi connectivity index (χ1v) is 6.93. The number of amides is 2. The van der Waals surface area contributed by atoms with E-state index in [-0.39, 0.29) is 18.7 Å². The fourth-order valence-corrected chi connectivity index (χ4v) is 1.85. The molecular formula is C13H24N4O3. The van der Waals surface area contributed by atoms with E-state index in [2.05, 4.69) is 20.8 Å². The van der Waals surface area contributed by atoms with E-state index in [9.17, 15) is 4.79 Å². The summed E-state index contributed by atoms with van der Waals surface area (Å²) in [5, 5.41) is 18.6. The number of nitrogens with one attached hydrogen (secondary N) is 2. The Morgan fingerprint density at radius 3 is 2.65 bits per heavy atom. The van der Waals surface area contributed by atoms with Gasteiger partial charge < -0.3 is 20.3 Å². The molecule has 0 aliphatic rings. The minimum atomic E-state index is -0.426. The third kappa shape index (κ3) is 4.48. The molecule has 0 aromatic carbocycles. The predicted octanol–water partition coefficient (Wildman–Crippen LogP) is 1.68. The Kier molecular flexibility index (Phi) is 5.94. The average molecular weight is 284 g/mol. The van der Waals surface area contributed by atoms with Gasteiger partial charge in [0.15, 0.2) is 5.82 Å². The molecule has 1 aromatic rings. The zero-order valence-electron chi connectivity index (χ0n) is 12.6. The van der Waals surface area contributed by atoms with Crippen LogP contribution in [0.1, 0.15) is 57.8 Å². The SMILES string of the molecule is CCC(NC(=O)NC(C)(CC)CCO)c1noc(C)n1. The number of aryl methyl sites for hydroxylation is 1. The molecule has 0 bridgehead atoms. The monoisotopic (exact) mass is 284 g/mol. The zero-order valence-corrected chi connectivity index (χ0v) is 12.6. The summed E-state index contributed by atoms with van der Waals surface area (Å²) in [6.07, 6.45) is 1.91. The molecule has 20 heavy (non-hydrogen) atoms. The van der Waals surface area contributed by atoms with E-state index in [4.69, 9.17) is 9.63 Å². The van der Waals surface area contributed by atoms with Crippen LogP contribution in [0, 0.1) is 6.92 Å². The molecule has 0 fully saturated rings. The number of nitrogens with zero attached hydrogens (tertiary/aromatic N) is 2. The summed E-state index contributed by atoms with van der Waals surface area (Å²) in [7, 11) is 0. The van der Waals surface area contributed by atoms with E-state index in [1.165, 1.54) is 0 Å². The number of rotatable bonds is 7. The van der Waals surface area contributed by atoms with Gasteiger partial charge in [-0.3, -0.25) is 0 Å². The van der Waals surface area contributed by atoms with E-state index in [1.54, 1.807) is 6.92 Å². The Hall–Kier alpha value is -1.63. The molecule has 2 unspecified atom stereocenters. The van der Waals surface area contributed by atoms with Crippen LogP contribution in [-0.2, 0) is 0 Å². The Bertz CT molecular complexity index is 435. The van der Waals surface area contributed by atoms with Crippen molar-refractivity contribution in [2.24, 2.45) is 0 Å². The van der Waals surface area contributed by atoms with Crippen LogP contribution in [0.5, 0.6) is 0 Å². The lowest BCUT2D eigenvalue weighted by molar-refractivity contribution is 0.198. The number of urea groups is 1. The van der Waals surface area contributed by atoms with Gasteiger partial charge in [-0.15, -0.1) is 0 Å². The van der Waals surface area contributed by atoms with Gasteiger partial charge in [0.2, 0.25) is 5.89 Å². The first kappa shape index (κ1) is 16.4. The first-order valence-electron chi connectivity index (χ1n) is 6.93. The Balaban J connectivity index is 2.64. The number of hydrogen-bond acceptors (Lipinski definition) is 5. The summed E-state index contributed by atoms with van der Waals surface area (Å²) in [6.45, 7) is 7.55. The quantitative estimate of drug-likeness (QED) is 0.707. The van der Waals surface area contributed by atoms with E-state index < -0.39 is 5.54 Å². The highest BCUT2D eigenvalue weighted by Gasteiger charge is 2.25. The third-order valence-corrected chi connectivity index (χ3v) is 3.43. The standard InChI is InChI=1S/C13H24N4O3/c1-5-10(11-14-9(3)20-17-11)15-12(19)16-13(4,6-2)7-8-18/h10,18H,5-8H2,1-4H3,(H2,15,16,19). The van der Waals surface area contributed by atoms with E-state index in [0.717, 1.165) is 6.42 Å². The van der Waals surface area contributed by atoms with Gasteiger partial charge in [-0.1, -0.05) is 19.0 Å². The molecule has 7 nitrogen and oxygen atoms in total. The molecule has 0 saturated heterocycles. The minimum absolute atomic E-state index is 0.0336. The second-order valence-corrected chi connectivity index (χ2v) is 5.12. The minimum Gasteiger partial charge on any atom is -0.396 e. The van der Waals surface area contributed by atoms with Crippen LogP contribution in [0.25, 0.3) is 0 Å². The van der Waals surface area contributed by atoms with Crippen molar-refractivity contribution in [3.63, 3.8) is 0 Å². The maximum absolute atomic E-state index is 12.1. The number of hydrogen-bond donors (Lipinski definition) is 3. The number of carbonyl (C=O) groups excluding carboxylic acids is 1. The van der Waals surface area contributed by atoms with Crippen molar-refractivity contribution >= 4 is 6.03 Å². The van der Waals surface area contributed by atoms with E-state index in [0.29, 0.717) is 24.6 Å². The second kappa shape index (κ2) is 7.23. The summed E-state index contributed by atoms with van der Waals surface area (Å²) in [6, 6.07) is -0.584. The van der Waals surface area contributed by atoms with E-state index >= 15 is 0 Å². The molecule has 0 aliphatic carbocycles. The molecule has 114 valence electrons. The molecule has 0 spiro atoms. The topological polar surface area (TPSA) is 100 Å². The molecule has 0 radical (unpaired) electrons. The summed E-state index contributed by atoms with van der Waals surface area (Å²) < 4.78 is 4.92. The number of carbonyl (C=O) groups is 1. The van der Waals surface area contributed by atoms with Gasteiger partial charge in [0, 0.05) is 19.1 Å². The summed E-state index contributed by atoms with van der Waals surface area (Å²) in [4.78, 5) is 16.2. The Morgan fingerprint density at radius 2 is 2.20 bits per heavy atom. The van der Waals surface area contributed by atoms with Crippen molar-refractivity contribution in [2.75, 3.05) is 6.61 Å². The molecule has 2 amide bonds. The maximum atomic E-state index is 12.1. The Labute approximate surface area is 119 Å². The van der Waals surface area contributed by atoms with Crippen molar-refractivity contribution in [3.8, 4) is 0 Å². The molecule has 1 rings (SSSR count). The lowest BCUT2D eigenvalue weighted by Gasteiger charge is -2.29. The van der Waals surface area contributed by atoms with Gasteiger partial charge in [-0.2, -0.15) is 4.98 Å². The number of aromatic nitrogens is 2.